The number of hydrogen-bond donors (Lipinski definition) is 4. The maximum absolute atomic E-state index is 12.5. The Morgan fingerprint density at radius 2 is 1.18 bits per heavy atom. The van der Waals surface area contributed by atoms with Crippen molar-refractivity contribution in [3.8, 4) is 0 Å². The number of aliphatic carboxylic acids is 2. The molecule has 2 rings (SSSR count). The summed E-state index contributed by atoms with van der Waals surface area (Å²) >= 11 is 0. The second kappa shape index (κ2) is 14.6. The van der Waals surface area contributed by atoms with Gasteiger partial charge in [0, 0.05) is 68.6 Å². The van der Waals surface area contributed by atoms with Crippen LogP contribution in [0.2, 0.25) is 0 Å². The average Bonchev–Trinajstić information content (AvgIpc) is 2.77. The first kappa shape index (κ1) is 32.2. The predicted molar refractivity (Wildman–Crippen MR) is 117 cm³/mol. The zero-order valence-corrected chi connectivity index (χ0v) is 22.6. The molecule has 11 heteroatoms. The fraction of sp³-hybridized carbons (Fsp3) is 0.652. The Labute approximate surface area is 225 Å². The summed E-state index contributed by atoms with van der Waals surface area (Å²) in [6.07, 6.45) is 1.57. The molecule has 2 aliphatic carbocycles. The summed E-state index contributed by atoms with van der Waals surface area (Å²) in [6.45, 7) is 4.83. The van der Waals surface area contributed by atoms with Crippen molar-refractivity contribution < 1.29 is 71.7 Å². The normalized spacial score (nSPS) is 28.3. The van der Waals surface area contributed by atoms with Crippen LogP contribution in [0.3, 0.4) is 0 Å². The van der Waals surface area contributed by atoms with E-state index in [0.29, 0.717) is 12.8 Å². The minimum atomic E-state index is -1.07. The van der Waals surface area contributed by atoms with Crippen LogP contribution in [0.1, 0.15) is 51.9 Å². The van der Waals surface area contributed by atoms with E-state index in [1.54, 1.807) is 6.92 Å². The monoisotopic (exact) mass is 555 g/mol. The largest absolute Gasteiger partial charge is 0.481 e. The van der Waals surface area contributed by atoms with Crippen molar-refractivity contribution in [2.45, 2.75) is 51.9 Å². The van der Waals surface area contributed by atoms with Crippen LogP contribution in [0.5, 0.6) is 0 Å². The van der Waals surface area contributed by atoms with Crippen LogP contribution in [0.15, 0.2) is 0 Å². The number of carbonyl (C=O) groups is 6. The summed E-state index contributed by atoms with van der Waals surface area (Å²) < 4.78 is 0. The van der Waals surface area contributed by atoms with Gasteiger partial charge in [-0.05, 0) is 38.5 Å². The van der Waals surface area contributed by atoms with Gasteiger partial charge in [-0.15, -0.1) is 0 Å². The summed E-state index contributed by atoms with van der Waals surface area (Å²) in [5.74, 6) is -7.71. The van der Waals surface area contributed by atoms with E-state index in [9.17, 15) is 39.0 Å². The number of rotatable bonds is 9. The van der Waals surface area contributed by atoms with Crippen LogP contribution in [0.4, 0.5) is 0 Å². The van der Waals surface area contributed by atoms with Crippen LogP contribution >= 0.6 is 0 Å². The summed E-state index contributed by atoms with van der Waals surface area (Å²) in [4.78, 5) is 71.5. The number of ketones is 2. The molecule has 2 amide bonds. The van der Waals surface area contributed by atoms with E-state index in [2.05, 4.69) is 17.6 Å². The molecule has 0 aromatic carbocycles. The van der Waals surface area contributed by atoms with Crippen molar-refractivity contribution in [3.05, 3.63) is 14.4 Å². The van der Waals surface area contributed by atoms with E-state index in [0.717, 1.165) is 0 Å². The first-order valence-corrected chi connectivity index (χ1v) is 11.0. The molecule has 0 aromatic heterocycles. The number of hydrogen-bond acceptors (Lipinski definition) is 6. The maximum Gasteiger partial charge on any atom is 0.307 e. The van der Waals surface area contributed by atoms with Gasteiger partial charge in [0.25, 0.3) is 0 Å². The van der Waals surface area contributed by atoms with Crippen molar-refractivity contribution in [1.29, 1.82) is 0 Å². The number of amides is 2. The molecule has 0 spiro atoms. The van der Waals surface area contributed by atoms with Crippen molar-refractivity contribution in [2.24, 2.45) is 35.5 Å². The molecule has 34 heavy (non-hydrogen) atoms. The molecule has 0 saturated heterocycles. The molecule has 6 atom stereocenters. The molecule has 0 aromatic rings. The molecular formula is C23H34N2O8Y-2. The van der Waals surface area contributed by atoms with Gasteiger partial charge in [-0.25, -0.2) is 0 Å². The Hall–Kier alpha value is -1.81. The van der Waals surface area contributed by atoms with Crippen LogP contribution in [0, 0.1) is 49.9 Å². The standard InChI is InChI=1S/C22H31N2O8.CH3.Y/c1-3-18(26)17-9-13(5-7-15(17)22(31)32)20(28)24-10-23-19(27)12-4-6-14(21(29)30)16(8-12)11(2)25;;/h12-17H,2-10H2,1H3,(H,23,27)(H,24,28)(H,29,30)(H,31,32);1H3;/q2*-1;. The minimum absolute atomic E-state index is 0. The maximum atomic E-state index is 12.5. The summed E-state index contributed by atoms with van der Waals surface area (Å²) in [5, 5.41) is 23.8. The van der Waals surface area contributed by atoms with Gasteiger partial charge < -0.3 is 40.0 Å². The molecule has 0 aliphatic heterocycles. The van der Waals surface area contributed by atoms with Gasteiger partial charge in [-0.1, -0.05) is 6.92 Å². The zero-order chi connectivity index (χ0) is 24.0. The zero-order valence-electron chi connectivity index (χ0n) is 19.7. The Kier molecular flexibility index (Phi) is 13.8. The van der Waals surface area contributed by atoms with Crippen LogP contribution in [-0.2, 0) is 61.5 Å². The summed E-state index contributed by atoms with van der Waals surface area (Å²) in [6, 6.07) is 0. The van der Waals surface area contributed by atoms with E-state index in [4.69, 9.17) is 0 Å². The van der Waals surface area contributed by atoms with Crippen LogP contribution < -0.4 is 10.6 Å². The molecular weight excluding hydrogens is 521 g/mol. The Morgan fingerprint density at radius 1 is 0.765 bits per heavy atom. The molecule has 0 heterocycles. The molecule has 6 unspecified atom stereocenters. The topological polar surface area (TPSA) is 167 Å². The molecule has 189 valence electrons. The average molecular weight is 555 g/mol. The van der Waals surface area contributed by atoms with Gasteiger partial charge in [0.15, 0.2) is 0 Å². The molecule has 4 N–H and O–H groups in total. The van der Waals surface area contributed by atoms with Crippen molar-refractivity contribution >= 4 is 35.3 Å². The van der Waals surface area contributed by atoms with Gasteiger partial charge in [-0.2, -0.15) is 0 Å². The quantitative estimate of drug-likeness (QED) is 0.244. The Bertz CT molecular complexity index is 787. The van der Waals surface area contributed by atoms with E-state index in [-0.39, 0.29) is 96.5 Å². The molecule has 0 bridgehead atoms. The van der Waals surface area contributed by atoms with E-state index >= 15 is 0 Å². The smallest absolute Gasteiger partial charge is 0.307 e. The number of carboxylic acid groups (broad SMARTS) is 2. The number of nitrogens with one attached hydrogen (secondary N) is 2. The SMILES string of the molecule is [CH2-]C(=O)C1CC(C(=O)NCNC(=O)C2CCC(C(=O)O)C(C(=O)CC)C2)CCC1C(=O)O.[CH3-].[Y]. The van der Waals surface area contributed by atoms with E-state index in [1.807, 2.05) is 0 Å². The van der Waals surface area contributed by atoms with Gasteiger partial charge in [0.1, 0.15) is 5.78 Å². The van der Waals surface area contributed by atoms with Gasteiger partial charge in [-0.3, -0.25) is 24.0 Å². The fourth-order valence-corrected chi connectivity index (χ4v) is 4.89. The molecule has 2 fully saturated rings. The van der Waals surface area contributed by atoms with Gasteiger partial charge >= 0.3 is 11.9 Å². The van der Waals surface area contributed by atoms with E-state index in [1.165, 1.54) is 0 Å². The number of Topliss-reactive ketones (excluding diaryl/α,β-unsaturated/α-hetero) is 2. The Morgan fingerprint density at radius 3 is 1.56 bits per heavy atom. The molecule has 10 nitrogen and oxygen atoms in total. The van der Waals surface area contributed by atoms with Crippen molar-refractivity contribution in [3.63, 3.8) is 0 Å². The second-order valence-electron chi connectivity index (χ2n) is 8.67. The van der Waals surface area contributed by atoms with Crippen LogP contribution in [-0.4, -0.2) is 52.2 Å². The van der Waals surface area contributed by atoms with E-state index < -0.39 is 53.2 Å². The number of carbonyl (C=O) groups excluding carboxylic acids is 4. The molecule has 2 aliphatic rings. The third kappa shape index (κ3) is 8.15. The van der Waals surface area contributed by atoms with Gasteiger partial charge in [0.2, 0.25) is 11.8 Å². The second-order valence-corrected chi connectivity index (χ2v) is 8.67. The molecule has 1 radical (unpaired) electrons. The Balaban J connectivity index is 0.00000544. The first-order valence-electron chi connectivity index (χ1n) is 11.0. The van der Waals surface area contributed by atoms with Crippen molar-refractivity contribution in [1.82, 2.24) is 10.6 Å². The number of carboxylic acids is 2. The fourth-order valence-electron chi connectivity index (χ4n) is 4.89. The van der Waals surface area contributed by atoms with Gasteiger partial charge in [0.05, 0.1) is 18.5 Å². The minimum Gasteiger partial charge on any atom is -0.481 e. The third-order valence-electron chi connectivity index (χ3n) is 6.78. The first-order chi connectivity index (χ1) is 15.1. The van der Waals surface area contributed by atoms with Crippen molar-refractivity contribution in [2.75, 3.05) is 6.67 Å². The summed E-state index contributed by atoms with van der Waals surface area (Å²) in [5.41, 5.74) is 0. The summed E-state index contributed by atoms with van der Waals surface area (Å²) in [7, 11) is 0. The molecule has 2 saturated carbocycles. The van der Waals surface area contributed by atoms with Crippen LogP contribution in [0.25, 0.3) is 0 Å². The predicted octanol–water partition coefficient (Wildman–Crippen LogP) is 1.24. The third-order valence-corrected chi connectivity index (χ3v) is 6.78.